The van der Waals surface area contributed by atoms with Crippen LogP contribution in [0.5, 0.6) is 11.8 Å². The fraction of sp³-hybridized carbons (Fsp3) is 0.250. The topological polar surface area (TPSA) is 106 Å². The minimum Gasteiger partial charge on any atom is -0.481 e. The molecule has 0 saturated heterocycles. The van der Waals surface area contributed by atoms with E-state index in [9.17, 15) is 13.2 Å². The predicted molar refractivity (Wildman–Crippen MR) is 127 cm³/mol. The molecule has 0 bridgehead atoms. The van der Waals surface area contributed by atoms with Gasteiger partial charge in [-0.05, 0) is 31.5 Å². The van der Waals surface area contributed by atoms with Gasteiger partial charge in [0.1, 0.15) is 11.9 Å². The molecule has 4 heterocycles. The number of methoxy groups -OCH3 is 2. The first-order chi connectivity index (χ1) is 17.7. The third-order valence-electron chi connectivity index (χ3n) is 5.92. The molecule has 0 aliphatic carbocycles. The second kappa shape index (κ2) is 9.15. The molecular weight excluding hydrogens is 489 g/mol. The van der Waals surface area contributed by atoms with Gasteiger partial charge in [0.2, 0.25) is 11.8 Å². The van der Waals surface area contributed by atoms with Crippen LogP contribution in [0.3, 0.4) is 0 Å². The maximum atomic E-state index is 13.1. The third-order valence-corrected chi connectivity index (χ3v) is 5.92. The highest BCUT2D eigenvalue weighted by Crippen LogP contribution is 2.33. The molecule has 13 heteroatoms. The summed E-state index contributed by atoms with van der Waals surface area (Å²) < 4.78 is 52.7. The van der Waals surface area contributed by atoms with E-state index in [1.54, 1.807) is 41.3 Å². The number of fused-ring (bicyclic) bond motifs is 1. The zero-order valence-corrected chi connectivity index (χ0v) is 20.2. The molecule has 5 rings (SSSR count). The summed E-state index contributed by atoms with van der Waals surface area (Å²) in [6.07, 6.45) is 0.173. The smallest absolute Gasteiger partial charge is 0.435 e. The van der Waals surface area contributed by atoms with Crippen molar-refractivity contribution in [1.29, 1.82) is 0 Å². The van der Waals surface area contributed by atoms with Crippen LogP contribution < -0.4 is 9.47 Å². The summed E-state index contributed by atoms with van der Waals surface area (Å²) in [5, 5.41) is 8.90. The van der Waals surface area contributed by atoms with Crippen molar-refractivity contribution < 1.29 is 22.6 Å². The van der Waals surface area contributed by atoms with Crippen LogP contribution in [0.25, 0.3) is 28.1 Å². The van der Waals surface area contributed by atoms with Crippen molar-refractivity contribution in [2.75, 3.05) is 14.2 Å². The lowest BCUT2D eigenvalue weighted by Crippen LogP contribution is -2.10. The zero-order valence-electron chi connectivity index (χ0n) is 20.2. The lowest BCUT2D eigenvalue weighted by molar-refractivity contribution is -0.141. The van der Waals surface area contributed by atoms with Crippen molar-refractivity contribution in [3.63, 3.8) is 0 Å². The van der Waals surface area contributed by atoms with E-state index in [1.807, 2.05) is 13.8 Å². The molecule has 1 unspecified atom stereocenters. The molecule has 1 atom stereocenters. The number of halogens is 3. The van der Waals surface area contributed by atoms with Crippen LogP contribution >= 0.6 is 0 Å². The summed E-state index contributed by atoms with van der Waals surface area (Å²) in [6.45, 7) is 3.76. The van der Waals surface area contributed by atoms with Gasteiger partial charge in [0.15, 0.2) is 17.2 Å². The van der Waals surface area contributed by atoms with Gasteiger partial charge in [-0.15, -0.1) is 0 Å². The minimum atomic E-state index is -4.58. The quantitative estimate of drug-likeness (QED) is 0.331. The summed E-state index contributed by atoms with van der Waals surface area (Å²) in [5.74, 6) is 0.744. The maximum Gasteiger partial charge on any atom is 0.435 e. The fourth-order valence-electron chi connectivity index (χ4n) is 3.97. The number of benzene rings is 1. The van der Waals surface area contributed by atoms with Gasteiger partial charge >= 0.3 is 6.18 Å². The lowest BCUT2D eigenvalue weighted by atomic mass is 10.1. The first-order valence-electron chi connectivity index (χ1n) is 11.1. The van der Waals surface area contributed by atoms with Crippen LogP contribution in [0.2, 0.25) is 0 Å². The van der Waals surface area contributed by atoms with E-state index in [4.69, 9.17) is 14.5 Å². The largest absolute Gasteiger partial charge is 0.481 e. The van der Waals surface area contributed by atoms with Gasteiger partial charge in [-0.2, -0.15) is 23.4 Å². The Hall–Kier alpha value is -4.55. The highest BCUT2D eigenvalue weighted by molar-refractivity contribution is 5.77. The molecule has 5 aromatic rings. The van der Waals surface area contributed by atoms with E-state index in [1.165, 1.54) is 20.5 Å². The number of aryl methyl sites for hydroxylation is 1. The zero-order chi connectivity index (χ0) is 26.3. The Morgan fingerprint density at radius 1 is 0.973 bits per heavy atom. The average Bonchev–Trinajstić information content (AvgIpc) is 3.52. The summed E-state index contributed by atoms with van der Waals surface area (Å²) >= 11 is 0. The number of hydrogen-bond donors (Lipinski definition) is 0. The number of nitrogens with zero attached hydrogens (tertiary/aromatic N) is 8. The monoisotopic (exact) mass is 510 g/mol. The van der Waals surface area contributed by atoms with Crippen molar-refractivity contribution >= 4 is 11.0 Å². The average molecular weight is 510 g/mol. The summed E-state index contributed by atoms with van der Waals surface area (Å²) in [6, 6.07) is 7.53. The molecule has 0 saturated carbocycles. The van der Waals surface area contributed by atoms with Crippen LogP contribution in [0, 0.1) is 6.92 Å². The SMILES string of the molecule is COc1ncnc(C)c1-c1ncc2cnn(C(C)c3ccc(-n4nc(C(F)(F)F)cc4OC)cc3)c2n1. The van der Waals surface area contributed by atoms with Gasteiger partial charge in [0.05, 0.1) is 43.2 Å². The molecule has 1 aromatic carbocycles. The van der Waals surface area contributed by atoms with Crippen LogP contribution in [-0.4, -0.2) is 53.7 Å². The molecule has 0 radical (unpaired) electrons. The minimum absolute atomic E-state index is 0.0222. The maximum absolute atomic E-state index is 13.1. The van der Waals surface area contributed by atoms with Crippen molar-refractivity contribution in [1.82, 2.24) is 39.5 Å². The van der Waals surface area contributed by atoms with Gasteiger partial charge in [-0.3, -0.25) is 0 Å². The number of hydrogen-bond acceptors (Lipinski definition) is 8. The molecule has 0 N–H and O–H groups in total. The Bertz CT molecular complexity index is 1580. The van der Waals surface area contributed by atoms with Crippen LogP contribution in [0.4, 0.5) is 13.2 Å². The van der Waals surface area contributed by atoms with Crippen molar-refractivity contribution in [3.8, 4) is 28.8 Å². The van der Waals surface area contributed by atoms with Crippen LogP contribution in [-0.2, 0) is 6.18 Å². The Morgan fingerprint density at radius 3 is 2.41 bits per heavy atom. The van der Waals surface area contributed by atoms with Crippen molar-refractivity contribution in [2.45, 2.75) is 26.1 Å². The van der Waals surface area contributed by atoms with Gasteiger partial charge < -0.3 is 9.47 Å². The van der Waals surface area contributed by atoms with Gasteiger partial charge in [0, 0.05) is 12.3 Å². The molecule has 0 amide bonds. The number of aromatic nitrogens is 8. The van der Waals surface area contributed by atoms with E-state index in [-0.39, 0.29) is 11.9 Å². The van der Waals surface area contributed by atoms with E-state index in [2.05, 4.69) is 25.1 Å². The fourth-order valence-corrected chi connectivity index (χ4v) is 3.97. The molecule has 4 aromatic heterocycles. The summed E-state index contributed by atoms with van der Waals surface area (Å²) in [7, 11) is 2.81. The van der Waals surface area contributed by atoms with E-state index >= 15 is 0 Å². The normalized spacial score (nSPS) is 12.6. The number of alkyl halides is 3. The van der Waals surface area contributed by atoms with E-state index in [0.717, 1.165) is 21.7 Å². The lowest BCUT2D eigenvalue weighted by Gasteiger charge is -2.15. The highest BCUT2D eigenvalue weighted by atomic mass is 19.4. The first kappa shape index (κ1) is 24.2. The Balaban J connectivity index is 1.50. The van der Waals surface area contributed by atoms with Crippen molar-refractivity contribution in [3.05, 3.63) is 66.0 Å². The number of rotatable bonds is 6. The molecular formula is C24H21F3N8O2. The molecule has 0 spiro atoms. The van der Waals surface area contributed by atoms with Crippen LogP contribution in [0.1, 0.15) is 29.9 Å². The second-order valence-electron chi connectivity index (χ2n) is 8.15. The third kappa shape index (κ3) is 4.32. The molecule has 37 heavy (non-hydrogen) atoms. The Labute approximate surface area is 208 Å². The molecule has 190 valence electrons. The van der Waals surface area contributed by atoms with Gasteiger partial charge in [-0.1, -0.05) is 12.1 Å². The Morgan fingerprint density at radius 2 is 1.73 bits per heavy atom. The summed E-state index contributed by atoms with van der Waals surface area (Å²) in [5.41, 5.74) is 2.09. The number of ether oxygens (including phenoxy) is 2. The van der Waals surface area contributed by atoms with Crippen LogP contribution in [0.15, 0.2) is 49.1 Å². The molecule has 0 aliphatic rings. The molecule has 0 fully saturated rings. The highest BCUT2D eigenvalue weighted by Gasteiger charge is 2.35. The Kier molecular flexibility index (Phi) is 5.97. The van der Waals surface area contributed by atoms with E-state index in [0.29, 0.717) is 34.3 Å². The molecule has 10 nitrogen and oxygen atoms in total. The van der Waals surface area contributed by atoms with Gasteiger partial charge in [0.25, 0.3) is 0 Å². The van der Waals surface area contributed by atoms with Crippen molar-refractivity contribution in [2.24, 2.45) is 0 Å². The predicted octanol–water partition coefficient (Wildman–Crippen LogP) is 4.42. The van der Waals surface area contributed by atoms with E-state index < -0.39 is 11.9 Å². The summed E-state index contributed by atoms with van der Waals surface area (Å²) in [4.78, 5) is 17.6. The van der Waals surface area contributed by atoms with Gasteiger partial charge in [-0.25, -0.2) is 29.3 Å². The first-order valence-corrected chi connectivity index (χ1v) is 11.1. The standard InChI is InChI=1S/C24H21F3N8O2/c1-13-20(23(37-4)30-12-29-13)21-28-10-16-11-31-34(22(16)32-21)14(2)15-5-7-17(8-6-15)35-19(36-3)9-18(33-35)24(25,26)27/h5-12,14H,1-4H3. The second-order valence-corrected chi connectivity index (χ2v) is 8.15. The molecule has 0 aliphatic heterocycles.